The lowest BCUT2D eigenvalue weighted by Crippen LogP contribution is -1.69. The molecule has 0 amide bonds. The number of hydrogen-bond donors (Lipinski definition) is 1. The SMILES string of the molecule is Cl.F.F.F.F.Sc1ccccc1I. The second-order valence-electron chi connectivity index (χ2n) is 1.45. The molecule has 0 aliphatic rings. The third-order valence-corrected chi connectivity index (χ3v) is 2.61. The van der Waals surface area contributed by atoms with Crippen LogP contribution in [-0.4, -0.2) is 0 Å². The Morgan fingerprint density at radius 2 is 1.31 bits per heavy atom. The van der Waals surface area contributed by atoms with Gasteiger partial charge in [0.25, 0.3) is 0 Å². The van der Waals surface area contributed by atoms with Crippen LogP contribution < -0.4 is 0 Å². The van der Waals surface area contributed by atoms with Gasteiger partial charge in [0.05, 0.1) is 0 Å². The fourth-order valence-corrected chi connectivity index (χ4v) is 1.000. The van der Waals surface area contributed by atoms with Crippen molar-refractivity contribution >= 4 is 47.6 Å². The van der Waals surface area contributed by atoms with Crippen molar-refractivity contribution in [1.29, 1.82) is 0 Å². The topological polar surface area (TPSA) is 0 Å². The molecule has 0 aliphatic heterocycles. The van der Waals surface area contributed by atoms with Crippen molar-refractivity contribution in [2.75, 3.05) is 0 Å². The fourth-order valence-electron chi connectivity index (χ4n) is 0.452. The third-order valence-electron chi connectivity index (χ3n) is 0.852. The summed E-state index contributed by atoms with van der Waals surface area (Å²) >= 11 is 6.44. The van der Waals surface area contributed by atoms with Crippen molar-refractivity contribution in [3.8, 4) is 0 Å². The zero-order chi connectivity index (χ0) is 5.98. The molecule has 1 aromatic rings. The second kappa shape index (κ2) is 14.8. The van der Waals surface area contributed by atoms with E-state index in [-0.39, 0.29) is 31.2 Å². The van der Waals surface area contributed by atoms with Crippen LogP contribution in [0.25, 0.3) is 0 Å². The molecule has 0 heterocycles. The number of rotatable bonds is 0. The monoisotopic (exact) mass is 352 g/mol. The van der Waals surface area contributed by atoms with Crippen molar-refractivity contribution in [1.82, 2.24) is 0 Å². The largest absolute Gasteiger partial charge is 0.269 e. The number of halogens is 6. The van der Waals surface area contributed by atoms with Gasteiger partial charge in [0.2, 0.25) is 0 Å². The van der Waals surface area contributed by atoms with E-state index in [0.717, 1.165) is 4.90 Å². The van der Waals surface area contributed by atoms with Gasteiger partial charge in [-0.15, -0.1) is 25.0 Å². The number of benzene rings is 1. The quantitative estimate of drug-likeness (QED) is 0.412. The first-order chi connectivity index (χ1) is 3.80. The zero-order valence-corrected chi connectivity index (χ0v) is 10.0. The van der Waals surface area contributed by atoms with E-state index in [1.54, 1.807) is 0 Å². The Balaban J connectivity index is -0.0000000427. The summed E-state index contributed by atoms with van der Waals surface area (Å²) in [5, 5.41) is 0. The normalized spacial score (nSPS) is 5.69. The molecule has 0 bridgehead atoms. The molecule has 0 fully saturated rings. The highest BCUT2D eigenvalue weighted by Crippen LogP contribution is 2.13. The first-order valence-corrected chi connectivity index (χ1v) is 3.77. The summed E-state index contributed by atoms with van der Waals surface area (Å²) in [6, 6.07) is 7.99. The maximum atomic E-state index is 4.19. The lowest BCUT2D eigenvalue weighted by molar-refractivity contribution is 1.11. The van der Waals surface area contributed by atoms with Crippen molar-refractivity contribution < 1.29 is 18.8 Å². The van der Waals surface area contributed by atoms with E-state index in [2.05, 4.69) is 35.2 Å². The Labute approximate surface area is 98.9 Å². The molecule has 1 rings (SSSR count). The van der Waals surface area contributed by atoms with Gasteiger partial charge in [-0.25, -0.2) is 0 Å². The van der Waals surface area contributed by atoms with Gasteiger partial charge in [-0.3, -0.25) is 18.8 Å². The highest BCUT2D eigenvalue weighted by Gasteiger charge is 1.87. The van der Waals surface area contributed by atoms with E-state index in [0.29, 0.717) is 0 Å². The van der Waals surface area contributed by atoms with Crippen LogP contribution in [-0.2, 0) is 0 Å². The molecule has 0 N–H and O–H groups in total. The fraction of sp³-hybridized carbons (Fsp3) is 0. The summed E-state index contributed by atoms with van der Waals surface area (Å²) < 4.78 is 1.20. The summed E-state index contributed by atoms with van der Waals surface area (Å²) in [4.78, 5) is 1.05. The molecular formula is C6H10ClF4IS. The van der Waals surface area contributed by atoms with E-state index in [9.17, 15) is 0 Å². The predicted octanol–water partition coefficient (Wildman–Crippen LogP) is 3.61. The van der Waals surface area contributed by atoms with Gasteiger partial charge in [0.15, 0.2) is 0 Å². The molecular weight excluding hydrogens is 342 g/mol. The van der Waals surface area contributed by atoms with Crippen LogP contribution in [0.1, 0.15) is 0 Å². The molecule has 0 radical (unpaired) electrons. The molecule has 0 saturated heterocycles. The highest BCUT2D eigenvalue weighted by atomic mass is 127. The third kappa shape index (κ3) is 10.2. The Morgan fingerprint density at radius 3 is 1.54 bits per heavy atom. The molecule has 0 aliphatic carbocycles. The van der Waals surface area contributed by atoms with E-state index >= 15 is 0 Å². The van der Waals surface area contributed by atoms with Gasteiger partial charge < -0.3 is 0 Å². The predicted molar refractivity (Wildman–Crippen MR) is 63.7 cm³/mol. The Kier molecular flexibility index (Phi) is 33.3. The molecule has 0 nitrogen and oxygen atoms in total. The van der Waals surface area contributed by atoms with Crippen LogP contribution in [0, 0.1) is 3.57 Å². The molecule has 13 heavy (non-hydrogen) atoms. The van der Waals surface area contributed by atoms with Crippen molar-refractivity contribution in [2.45, 2.75) is 4.90 Å². The zero-order valence-electron chi connectivity index (χ0n) is 6.18. The van der Waals surface area contributed by atoms with Gasteiger partial charge in [0.1, 0.15) is 0 Å². The van der Waals surface area contributed by atoms with Crippen LogP contribution in [0.5, 0.6) is 0 Å². The van der Waals surface area contributed by atoms with Crippen LogP contribution in [0.2, 0.25) is 0 Å². The maximum Gasteiger partial charge on any atom is 0.0263 e. The average Bonchev–Trinajstić information content (AvgIpc) is 1.77. The molecule has 0 unspecified atom stereocenters. The summed E-state index contributed by atoms with van der Waals surface area (Å²) in [7, 11) is 0. The minimum atomic E-state index is 0. The van der Waals surface area contributed by atoms with Gasteiger partial charge >= 0.3 is 0 Å². The van der Waals surface area contributed by atoms with Gasteiger partial charge in [-0.05, 0) is 34.7 Å². The highest BCUT2D eigenvalue weighted by molar-refractivity contribution is 14.1. The molecule has 0 atom stereocenters. The lowest BCUT2D eigenvalue weighted by atomic mass is 10.4. The second-order valence-corrected chi connectivity index (χ2v) is 3.10. The average molecular weight is 353 g/mol. The molecule has 1 aromatic carbocycles. The summed E-state index contributed by atoms with van der Waals surface area (Å²) in [6.07, 6.45) is 0. The van der Waals surface area contributed by atoms with Crippen LogP contribution in [0.15, 0.2) is 29.2 Å². The summed E-state index contributed by atoms with van der Waals surface area (Å²) in [6.45, 7) is 0. The lowest BCUT2D eigenvalue weighted by Gasteiger charge is -1.90. The number of thiol groups is 1. The smallest absolute Gasteiger partial charge is 0.0263 e. The van der Waals surface area contributed by atoms with Crippen LogP contribution in [0.3, 0.4) is 0 Å². The van der Waals surface area contributed by atoms with Gasteiger partial charge in [0, 0.05) is 8.47 Å². The van der Waals surface area contributed by atoms with Gasteiger partial charge in [-0.2, -0.15) is 0 Å². The molecule has 0 spiro atoms. The first-order valence-electron chi connectivity index (χ1n) is 2.24. The summed E-state index contributed by atoms with van der Waals surface area (Å²) in [5.74, 6) is 0. The maximum absolute atomic E-state index is 4.19. The Bertz CT molecular complexity index is 181. The van der Waals surface area contributed by atoms with E-state index in [1.165, 1.54) is 3.57 Å². The minimum absolute atomic E-state index is 0. The van der Waals surface area contributed by atoms with Crippen molar-refractivity contribution in [3.05, 3.63) is 27.8 Å². The van der Waals surface area contributed by atoms with E-state index in [4.69, 9.17) is 0 Å². The van der Waals surface area contributed by atoms with E-state index < -0.39 is 0 Å². The molecule has 82 valence electrons. The van der Waals surface area contributed by atoms with Crippen molar-refractivity contribution in [3.63, 3.8) is 0 Å². The first kappa shape index (κ1) is 29.2. The molecule has 7 heteroatoms. The standard InChI is InChI=1S/C6H5IS.ClH.4FH/c7-5-3-1-2-4-6(5)8;;;;;/h1-4,8H;5*1H. The van der Waals surface area contributed by atoms with Gasteiger partial charge in [-0.1, -0.05) is 12.1 Å². The van der Waals surface area contributed by atoms with Crippen LogP contribution in [0.4, 0.5) is 18.8 Å². The molecule has 0 saturated carbocycles. The molecule has 0 aromatic heterocycles. The Morgan fingerprint density at radius 1 is 0.923 bits per heavy atom. The van der Waals surface area contributed by atoms with Crippen LogP contribution >= 0.6 is 47.6 Å². The Hall–Kier alpha value is 0.310. The summed E-state index contributed by atoms with van der Waals surface area (Å²) in [5.41, 5.74) is 0. The van der Waals surface area contributed by atoms with E-state index in [1.807, 2.05) is 24.3 Å². The number of hydrogen-bond acceptors (Lipinski definition) is 1. The minimum Gasteiger partial charge on any atom is -0.269 e. The van der Waals surface area contributed by atoms with Crippen molar-refractivity contribution in [2.24, 2.45) is 0 Å².